The van der Waals surface area contributed by atoms with Crippen LogP contribution in [-0.4, -0.2) is 5.78 Å². The van der Waals surface area contributed by atoms with Crippen LogP contribution in [0.1, 0.15) is 46.0 Å². The van der Waals surface area contributed by atoms with Crippen LogP contribution in [0.3, 0.4) is 0 Å². The number of ketones is 1. The average Bonchev–Trinajstić information content (AvgIpc) is 2.03. The summed E-state index contributed by atoms with van der Waals surface area (Å²) < 4.78 is 0. The molecule has 1 heteroatoms. The number of unbranched alkanes of at least 4 members (excludes halogenated alkanes) is 1. The van der Waals surface area contributed by atoms with Crippen LogP contribution in [0.2, 0.25) is 0 Å². The van der Waals surface area contributed by atoms with Gasteiger partial charge in [-0.2, -0.15) is 0 Å². The van der Waals surface area contributed by atoms with Crippen molar-refractivity contribution in [3.63, 3.8) is 0 Å². The van der Waals surface area contributed by atoms with Gasteiger partial charge in [0.05, 0.1) is 0 Å². The fraction of sp³-hybridized carbons (Fsp3) is 0.727. The number of Topliss-reactive ketones (excluding diaryl/α,β-unsaturated/α-hetero) is 1. The molecule has 0 aromatic carbocycles. The Bertz CT molecular complexity index is 191. The molecule has 0 aromatic rings. The standard InChI is InChI=1S/C11H18O/c1-3-4-5-10-7-6-9(2)8-11(10)12/h7,9H,3-6,8H2,1-2H3. The molecule has 0 saturated carbocycles. The second-order valence-electron chi connectivity index (χ2n) is 3.80. The summed E-state index contributed by atoms with van der Waals surface area (Å²) in [6.07, 6.45) is 7.36. The molecule has 0 bridgehead atoms. The van der Waals surface area contributed by atoms with E-state index in [1.165, 1.54) is 6.42 Å². The molecule has 1 aliphatic carbocycles. The summed E-state index contributed by atoms with van der Waals surface area (Å²) in [7, 11) is 0. The highest BCUT2D eigenvalue weighted by Gasteiger charge is 2.17. The van der Waals surface area contributed by atoms with Crippen molar-refractivity contribution >= 4 is 5.78 Å². The average molecular weight is 166 g/mol. The van der Waals surface area contributed by atoms with Crippen LogP contribution >= 0.6 is 0 Å². The van der Waals surface area contributed by atoms with Gasteiger partial charge in [-0.3, -0.25) is 4.79 Å². The Morgan fingerprint density at radius 2 is 2.33 bits per heavy atom. The van der Waals surface area contributed by atoms with Crippen LogP contribution in [0.15, 0.2) is 11.6 Å². The molecule has 0 heterocycles. The van der Waals surface area contributed by atoms with Crippen molar-refractivity contribution in [3.05, 3.63) is 11.6 Å². The van der Waals surface area contributed by atoms with Crippen molar-refractivity contribution in [1.82, 2.24) is 0 Å². The fourth-order valence-electron chi connectivity index (χ4n) is 1.60. The number of rotatable bonds is 3. The highest BCUT2D eigenvalue weighted by atomic mass is 16.1. The molecule has 0 aliphatic heterocycles. The summed E-state index contributed by atoms with van der Waals surface area (Å²) in [5.74, 6) is 0.963. The predicted octanol–water partition coefficient (Wildman–Crippen LogP) is 3.10. The molecule has 0 fully saturated rings. The maximum atomic E-state index is 11.4. The lowest BCUT2D eigenvalue weighted by atomic mass is 9.88. The van der Waals surface area contributed by atoms with Gasteiger partial charge in [-0.05, 0) is 30.8 Å². The Balaban J connectivity index is 2.47. The molecule has 1 nitrogen and oxygen atoms in total. The predicted molar refractivity (Wildman–Crippen MR) is 51.0 cm³/mol. The van der Waals surface area contributed by atoms with E-state index in [2.05, 4.69) is 19.9 Å². The summed E-state index contributed by atoms with van der Waals surface area (Å²) in [6.45, 7) is 4.31. The number of hydrogen-bond donors (Lipinski definition) is 0. The van der Waals surface area contributed by atoms with Crippen LogP contribution in [0.5, 0.6) is 0 Å². The maximum Gasteiger partial charge on any atom is 0.158 e. The molecule has 68 valence electrons. The van der Waals surface area contributed by atoms with E-state index in [9.17, 15) is 4.79 Å². The minimum Gasteiger partial charge on any atom is -0.295 e. The van der Waals surface area contributed by atoms with E-state index in [0.717, 1.165) is 31.3 Å². The Morgan fingerprint density at radius 1 is 1.58 bits per heavy atom. The maximum absolute atomic E-state index is 11.4. The lowest BCUT2D eigenvalue weighted by Gasteiger charge is -2.16. The molecule has 0 aromatic heterocycles. The highest BCUT2D eigenvalue weighted by Crippen LogP contribution is 2.23. The molecule has 0 spiro atoms. The molecule has 0 amide bonds. The van der Waals surface area contributed by atoms with Crippen LogP contribution in [0.4, 0.5) is 0 Å². The molecule has 0 radical (unpaired) electrons. The third kappa shape index (κ3) is 2.47. The SMILES string of the molecule is CCCCC1=CCC(C)CC1=O. The topological polar surface area (TPSA) is 17.1 Å². The summed E-state index contributed by atoms with van der Waals surface area (Å²) in [4.78, 5) is 11.4. The molecule has 1 unspecified atom stereocenters. The Hall–Kier alpha value is -0.590. The molecule has 1 atom stereocenters. The van der Waals surface area contributed by atoms with E-state index in [1.807, 2.05) is 0 Å². The van der Waals surface area contributed by atoms with Gasteiger partial charge in [-0.25, -0.2) is 0 Å². The summed E-state index contributed by atoms with van der Waals surface area (Å²) in [5, 5.41) is 0. The minimum atomic E-state index is 0.391. The van der Waals surface area contributed by atoms with Crippen molar-refractivity contribution in [1.29, 1.82) is 0 Å². The van der Waals surface area contributed by atoms with Gasteiger partial charge in [-0.15, -0.1) is 0 Å². The number of hydrogen-bond acceptors (Lipinski definition) is 1. The molecule has 0 saturated heterocycles. The van der Waals surface area contributed by atoms with E-state index in [-0.39, 0.29) is 0 Å². The quantitative estimate of drug-likeness (QED) is 0.629. The normalized spacial score (nSPS) is 24.0. The molecule has 12 heavy (non-hydrogen) atoms. The van der Waals surface area contributed by atoms with Crippen LogP contribution in [0.25, 0.3) is 0 Å². The largest absolute Gasteiger partial charge is 0.295 e. The Kier molecular flexibility index (Phi) is 3.51. The van der Waals surface area contributed by atoms with E-state index < -0.39 is 0 Å². The third-order valence-electron chi connectivity index (χ3n) is 2.46. The van der Waals surface area contributed by atoms with E-state index in [1.54, 1.807) is 0 Å². The van der Waals surface area contributed by atoms with Gasteiger partial charge in [0.25, 0.3) is 0 Å². The van der Waals surface area contributed by atoms with Crippen molar-refractivity contribution in [3.8, 4) is 0 Å². The second-order valence-corrected chi connectivity index (χ2v) is 3.80. The molecule has 0 N–H and O–H groups in total. The third-order valence-corrected chi connectivity index (χ3v) is 2.46. The first-order valence-electron chi connectivity index (χ1n) is 4.96. The number of carbonyl (C=O) groups is 1. The van der Waals surface area contributed by atoms with E-state index in [4.69, 9.17) is 0 Å². The second kappa shape index (κ2) is 4.44. The lowest BCUT2D eigenvalue weighted by Crippen LogP contribution is -2.13. The van der Waals surface area contributed by atoms with Gasteiger partial charge in [0.1, 0.15) is 0 Å². The molecule has 1 aliphatic rings. The van der Waals surface area contributed by atoms with Gasteiger partial charge < -0.3 is 0 Å². The zero-order valence-corrected chi connectivity index (χ0v) is 8.10. The Morgan fingerprint density at radius 3 is 2.92 bits per heavy atom. The van der Waals surface area contributed by atoms with Crippen molar-refractivity contribution in [2.45, 2.75) is 46.0 Å². The zero-order valence-electron chi connectivity index (χ0n) is 8.10. The molecule has 1 rings (SSSR count). The van der Waals surface area contributed by atoms with Gasteiger partial charge in [0.2, 0.25) is 0 Å². The summed E-state index contributed by atoms with van der Waals surface area (Å²) in [6, 6.07) is 0. The number of carbonyl (C=O) groups excluding carboxylic acids is 1. The Labute approximate surface area is 74.9 Å². The van der Waals surface area contributed by atoms with Gasteiger partial charge in [0.15, 0.2) is 5.78 Å². The van der Waals surface area contributed by atoms with E-state index in [0.29, 0.717) is 11.7 Å². The summed E-state index contributed by atoms with van der Waals surface area (Å²) >= 11 is 0. The first-order chi connectivity index (χ1) is 5.74. The highest BCUT2D eigenvalue weighted by molar-refractivity contribution is 5.96. The van der Waals surface area contributed by atoms with Crippen molar-refractivity contribution in [2.75, 3.05) is 0 Å². The number of allylic oxidation sites excluding steroid dienone is 2. The fourth-order valence-corrected chi connectivity index (χ4v) is 1.60. The van der Waals surface area contributed by atoms with Crippen LogP contribution < -0.4 is 0 Å². The van der Waals surface area contributed by atoms with Gasteiger partial charge in [-0.1, -0.05) is 26.3 Å². The van der Waals surface area contributed by atoms with Crippen molar-refractivity contribution < 1.29 is 4.79 Å². The molecular weight excluding hydrogens is 148 g/mol. The molecular formula is C11H18O. The van der Waals surface area contributed by atoms with Gasteiger partial charge in [0, 0.05) is 6.42 Å². The smallest absolute Gasteiger partial charge is 0.158 e. The van der Waals surface area contributed by atoms with E-state index >= 15 is 0 Å². The van der Waals surface area contributed by atoms with Gasteiger partial charge >= 0.3 is 0 Å². The lowest BCUT2D eigenvalue weighted by molar-refractivity contribution is -0.116. The first kappa shape index (κ1) is 9.50. The summed E-state index contributed by atoms with van der Waals surface area (Å²) in [5.41, 5.74) is 1.09. The van der Waals surface area contributed by atoms with Crippen LogP contribution in [0, 0.1) is 5.92 Å². The minimum absolute atomic E-state index is 0.391. The van der Waals surface area contributed by atoms with Crippen molar-refractivity contribution in [2.24, 2.45) is 5.92 Å². The monoisotopic (exact) mass is 166 g/mol. The first-order valence-corrected chi connectivity index (χ1v) is 4.96. The zero-order chi connectivity index (χ0) is 8.97. The van der Waals surface area contributed by atoms with Crippen LogP contribution in [-0.2, 0) is 4.79 Å².